The van der Waals surface area contributed by atoms with Crippen LogP contribution in [0.4, 0.5) is 0 Å². The Balaban J connectivity index is 2.04. The van der Waals surface area contributed by atoms with Gasteiger partial charge in [-0.05, 0) is 18.4 Å². The summed E-state index contributed by atoms with van der Waals surface area (Å²) in [6.07, 6.45) is 3.36. The Morgan fingerprint density at radius 1 is 1.47 bits per heavy atom. The van der Waals surface area contributed by atoms with Crippen molar-refractivity contribution in [2.24, 2.45) is 0 Å². The molecule has 0 saturated carbocycles. The molecule has 88 valence electrons. The molecule has 2 aromatic rings. The third kappa shape index (κ3) is 2.85. The number of aromatic amines is 1. The maximum atomic E-state index is 11.9. The summed E-state index contributed by atoms with van der Waals surface area (Å²) in [5.41, 5.74) is 0.680. The van der Waals surface area contributed by atoms with E-state index in [-0.39, 0.29) is 5.91 Å². The summed E-state index contributed by atoms with van der Waals surface area (Å²) in [5.74, 6) is 0.534. The first-order valence-corrected chi connectivity index (χ1v) is 6.29. The summed E-state index contributed by atoms with van der Waals surface area (Å²) >= 11 is 1.55. The summed E-state index contributed by atoms with van der Waals surface area (Å²) < 4.78 is 0. The molecule has 6 heteroatoms. The molecule has 17 heavy (non-hydrogen) atoms. The van der Waals surface area contributed by atoms with Crippen LogP contribution >= 0.6 is 11.8 Å². The highest BCUT2D eigenvalue weighted by Crippen LogP contribution is 2.19. The van der Waals surface area contributed by atoms with Gasteiger partial charge in [0.25, 0.3) is 5.91 Å². The van der Waals surface area contributed by atoms with E-state index in [1.54, 1.807) is 11.8 Å². The zero-order valence-corrected chi connectivity index (χ0v) is 10.1. The van der Waals surface area contributed by atoms with E-state index in [9.17, 15) is 4.79 Å². The van der Waals surface area contributed by atoms with Gasteiger partial charge in [-0.3, -0.25) is 9.89 Å². The Labute approximate surface area is 103 Å². The van der Waals surface area contributed by atoms with Gasteiger partial charge in [-0.25, -0.2) is 4.98 Å². The number of carbonyl (C=O) groups is 1. The minimum Gasteiger partial charge on any atom is -0.345 e. The van der Waals surface area contributed by atoms with Gasteiger partial charge < -0.3 is 5.32 Å². The molecule has 2 N–H and O–H groups in total. The lowest BCUT2D eigenvalue weighted by Gasteiger charge is -2.06. The van der Waals surface area contributed by atoms with Crippen LogP contribution in [-0.4, -0.2) is 27.3 Å². The number of nitrogens with one attached hydrogen (secondary N) is 2. The zero-order valence-electron chi connectivity index (χ0n) is 9.30. The van der Waals surface area contributed by atoms with Gasteiger partial charge in [0.05, 0.1) is 12.1 Å². The molecule has 2 rings (SSSR count). The molecular weight excluding hydrogens is 236 g/mol. The zero-order chi connectivity index (χ0) is 12.1. The van der Waals surface area contributed by atoms with E-state index in [4.69, 9.17) is 0 Å². The van der Waals surface area contributed by atoms with Crippen LogP contribution in [-0.2, 0) is 6.54 Å². The highest BCUT2D eigenvalue weighted by atomic mass is 32.2. The summed E-state index contributed by atoms with van der Waals surface area (Å²) in [6, 6.07) is 7.50. The SMILES string of the molecule is CSc1ccccc1C(=O)NCc1ncn[nH]1. The number of amides is 1. The van der Waals surface area contributed by atoms with Crippen LogP contribution < -0.4 is 5.32 Å². The van der Waals surface area contributed by atoms with Gasteiger partial charge in [-0.2, -0.15) is 5.10 Å². The molecule has 1 heterocycles. The molecule has 5 nitrogen and oxygen atoms in total. The molecule has 0 unspecified atom stereocenters. The third-order valence-corrected chi connectivity index (χ3v) is 3.03. The molecule has 0 saturated heterocycles. The van der Waals surface area contributed by atoms with Crippen molar-refractivity contribution in [1.29, 1.82) is 0 Å². The van der Waals surface area contributed by atoms with E-state index in [0.717, 1.165) is 4.90 Å². The smallest absolute Gasteiger partial charge is 0.252 e. The maximum Gasteiger partial charge on any atom is 0.252 e. The fourth-order valence-electron chi connectivity index (χ4n) is 1.41. The highest BCUT2D eigenvalue weighted by molar-refractivity contribution is 7.98. The monoisotopic (exact) mass is 248 g/mol. The highest BCUT2D eigenvalue weighted by Gasteiger charge is 2.10. The first-order valence-electron chi connectivity index (χ1n) is 5.06. The number of hydrogen-bond acceptors (Lipinski definition) is 4. The Morgan fingerprint density at radius 2 is 2.29 bits per heavy atom. The van der Waals surface area contributed by atoms with E-state index in [2.05, 4.69) is 20.5 Å². The van der Waals surface area contributed by atoms with E-state index >= 15 is 0 Å². The average Bonchev–Trinajstić information content (AvgIpc) is 2.89. The first kappa shape index (κ1) is 11.7. The number of thioether (sulfide) groups is 1. The van der Waals surface area contributed by atoms with Crippen LogP contribution in [0, 0.1) is 0 Å². The fraction of sp³-hybridized carbons (Fsp3) is 0.182. The van der Waals surface area contributed by atoms with Crippen molar-refractivity contribution in [3.63, 3.8) is 0 Å². The second-order valence-corrected chi connectivity index (χ2v) is 4.16. The van der Waals surface area contributed by atoms with E-state index in [1.807, 2.05) is 30.5 Å². The van der Waals surface area contributed by atoms with E-state index in [1.165, 1.54) is 6.33 Å². The topological polar surface area (TPSA) is 70.7 Å². The second-order valence-electron chi connectivity index (χ2n) is 3.32. The van der Waals surface area contributed by atoms with Gasteiger partial charge in [0.2, 0.25) is 0 Å². The molecule has 0 fully saturated rings. The lowest BCUT2D eigenvalue weighted by Crippen LogP contribution is -2.23. The molecule has 0 spiro atoms. The Kier molecular flexibility index (Phi) is 3.77. The first-order chi connectivity index (χ1) is 8.31. The third-order valence-electron chi connectivity index (χ3n) is 2.23. The fourth-order valence-corrected chi connectivity index (χ4v) is 2.00. The quantitative estimate of drug-likeness (QED) is 0.804. The minimum absolute atomic E-state index is 0.105. The molecule has 0 atom stereocenters. The number of aromatic nitrogens is 3. The molecular formula is C11H12N4OS. The van der Waals surface area contributed by atoms with Gasteiger partial charge in [0.15, 0.2) is 0 Å². The van der Waals surface area contributed by atoms with Crippen LogP contribution in [0.1, 0.15) is 16.2 Å². The molecule has 0 radical (unpaired) electrons. The van der Waals surface area contributed by atoms with Crippen molar-refractivity contribution in [3.05, 3.63) is 42.0 Å². The van der Waals surface area contributed by atoms with Crippen molar-refractivity contribution in [2.45, 2.75) is 11.4 Å². The largest absolute Gasteiger partial charge is 0.345 e. The van der Waals surface area contributed by atoms with Crippen molar-refractivity contribution in [1.82, 2.24) is 20.5 Å². The van der Waals surface area contributed by atoms with Gasteiger partial charge in [0.1, 0.15) is 12.2 Å². The second kappa shape index (κ2) is 5.49. The van der Waals surface area contributed by atoms with Crippen molar-refractivity contribution >= 4 is 17.7 Å². The predicted octanol–water partition coefficient (Wildman–Crippen LogP) is 1.46. The summed E-state index contributed by atoms with van der Waals surface area (Å²) in [6.45, 7) is 0.349. The Morgan fingerprint density at radius 3 is 3.00 bits per heavy atom. The van der Waals surface area contributed by atoms with Crippen molar-refractivity contribution in [2.75, 3.05) is 6.26 Å². The van der Waals surface area contributed by atoms with Crippen LogP contribution in [0.25, 0.3) is 0 Å². The lowest BCUT2D eigenvalue weighted by molar-refractivity contribution is 0.0947. The average molecular weight is 248 g/mol. The van der Waals surface area contributed by atoms with E-state index < -0.39 is 0 Å². The maximum absolute atomic E-state index is 11.9. The Bertz CT molecular complexity index is 498. The minimum atomic E-state index is -0.105. The summed E-state index contributed by atoms with van der Waals surface area (Å²) in [7, 11) is 0. The van der Waals surface area contributed by atoms with Crippen LogP contribution in [0.2, 0.25) is 0 Å². The standard InChI is InChI=1S/C11H12N4OS/c1-17-9-5-3-2-4-8(9)11(16)12-6-10-13-7-14-15-10/h2-5,7H,6H2,1H3,(H,12,16)(H,13,14,15). The molecule has 0 aliphatic carbocycles. The predicted molar refractivity (Wildman–Crippen MR) is 65.8 cm³/mol. The van der Waals surface area contributed by atoms with Gasteiger partial charge in [-0.1, -0.05) is 12.1 Å². The molecule has 0 aliphatic heterocycles. The number of carbonyl (C=O) groups excluding carboxylic acids is 1. The molecule has 1 amide bonds. The van der Waals surface area contributed by atoms with Crippen LogP contribution in [0.3, 0.4) is 0 Å². The lowest BCUT2D eigenvalue weighted by atomic mass is 10.2. The van der Waals surface area contributed by atoms with Gasteiger partial charge >= 0.3 is 0 Å². The summed E-state index contributed by atoms with van der Waals surface area (Å²) in [4.78, 5) is 16.8. The molecule has 0 aliphatic rings. The van der Waals surface area contributed by atoms with E-state index in [0.29, 0.717) is 17.9 Å². The van der Waals surface area contributed by atoms with Crippen molar-refractivity contribution in [3.8, 4) is 0 Å². The number of hydrogen-bond donors (Lipinski definition) is 2. The normalized spacial score (nSPS) is 10.2. The number of benzene rings is 1. The molecule has 1 aromatic carbocycles. The summed E-state index contributed by atoms with van der Waals surface area (Å²) in [5, 5.41) is 9.20. The van der Waals surface area contributed by atoms with Crippen LogP contribution in [0.5, 0.6) is 0 Å². The number of nitrogens with zero attached hydrogens (tertiary/aromatic N) is 2. The Hall–Kier alpha value is -1.82. The molecule has 0 bridgehead atoms. The molecule has 1 aromatic heterocycles. The van der Waals surface area contributed by atoms with Gasteiger partial charge in [0, 0.05) is 4.90 Å². The number of H-pyrrole nitrogens is 1. The van der Waals surface area contributed by atoms with Gasteiger partial charge in [-0.15, -0.1) is 11.8 Å². The van der Waals surface area contributed by atoms with Crippen molar-refractivity contribution < 1.29 is 4.79 Å². The van der Waals surface area contributed by atoms with Crippen LogP contribution in [0.15, 0.2) is 35.5 Å². The number of rotatable bonds is 4.